The van der Waals surface area contributed by atoms with E-state index in [1.807, 2.05) is 0 Å². The highest BCUT2D eigenvalue weighted by Crippen LogP contribution is 2.53. The molecule has 0 nitrogen and oxygen atoms in total. The van der Waals surface area contributed by atoms with Gasteiger partial charge in [-0.1, -0.05) is 68.7 Å². The van der Waals surface area contributed by atoms with Gasteiger partial charge in [0.05, 0.1) is 0 Å². The van der Waals surface area contributed by atoms with Crippen LogP contribution in [0.15, 0.2) is 0 Å². The van der Waals surface area contributed by atoms with Crippen molar-refractivity contribution in [3.05, 3.63) is 0 Å². The van der Waals surface area contributed by atoms with Gasteiger partial charge in [-0.05, 0) is 53.3 Å². The lowest BCUT2D eigenvalue weighted by Crippen LogP contribution is -2.46. The Hall–Kier alpha value is 0.700. The number of thiol groups is 2. The molecule has 0 radical (unpaired) electrons. The van der Waals surface area contributed by atoms with E-state index in [4.69, 9.17) is 25.3 Å². The molecule has 0 aromatic heterocycles. The van der Waals surface area contributed by atoms with Crippen molar-refractivity contribution in [1.29, 1.82) is 0 Å². The molecule has 1 saturated carbocycles. The molecule has 23 heavy (non-hydrogen) atoms. The molecule has 7 atom stereocenters. The summed E-state index contributed by atoms with van der Waals surface area (Å²) in [6.45, 7) is 22.0. The van der Waals surface area contributed by atoms with Crippen molar-refractivity contribution >= 4 is 25.3 Å². The van der Waals surface area contributed by atoms with Crippen LogP contribution in [0.2, 0.25) is 0 Å². The molecular formula is C21H42S2. The van der Waals surface area contributed by atoms with E-state index in [-0.39, 0.29) is 0 Å². The summed E-state index contributed by atoms with van der Waals surface area (Å²) in [6, 6.07) is 0. The molecule has 0 aliphatic heterocycles. The molecule has 0 aromatic rings. The Labute approximate surface area is 157 Å². The maximum atomic E-state index is 4.87. The molecule has 0 amide bonds. The number of hydrogen-bond donors (Lipinski definition) is 2. The van der Waals surface area contributed by atoms with Gasteiger partial charge in [-0.15, -0.1) is 0 Å². The molecule has 1 rings (SSSR count). The first kappa shape index (κ1) is 21.7. The second-order valence-electron chi connectivity index (χ2n) is 9.70. The molecule has 6 unspecified atom stereocenters. The minimum atomic E-state index is 0.338. The lowest BCUT2D eigenvalue weighted by molar-refractivity contribution is -0.00844. The van der Waals surface area contributed by atoms with Gasteiger partial charge < -0.3 is 0 Å². The second kappa shape index (κ2) is 7.94. The highest BCUT2D eigenvalue weighted by molar-refractivity contribution is 7.81. The SMILES string of the molecule is CC(S)C1CCCC(C(C)S)C(C)(C)[C@H](C)C(C)C(C)C1(C)C. The van der Waals surface area contributed by atoms with Crippen LogP contribution in [0, 0.1) is 40.4 Å². The summed E-state index contributed by atoms with van der Waals surface area (Å²) in [5.41, 5.74) is 0.675. The fourth-order valence-electron chi connectivity index (χ4n) is 5.49. The number of hydrogen-bond acceptors (Lipinski definition) is 2. The fourth-order valence-corrected chi connectivity index (χ4v) is 6.56. The average molecular weight is 359 g/mol. The van der Waals surface area contributed by atoms with Crippen molar-refractivity contribution in [2.75, 3.05) is 0 Å². The van der Waals surface area contributed by atoms with Crippen LogP contribution < -0.4 is 0 Å². The first-order valence-electron chi connectivity index (χ1n) is 9.71. The fraction of sp³-hybridized carbons (Fsp3) is 1.00. The Bertz CT molecular complexity index is 336. The molecule has 1 aliphatic rings. The average Bonchev–Trinajstić information content (AvgIpc) is 2.42. The van der Waals surface area contributed by atoms with E-state index in [1.165, 1.54) is 19.3 Å². The zero-order valence-electron chi connectivity index (χ0n) is 17.1. The van der Waals surface area contributed by atoms with E-state index >= 15 is 0 Å². The number of rotatable bonds is 2. The van der Waals surface area contributed by atoms with Crippen molar-refractivity contribution in [3.63, 3.8) is 0 Å². The van der Waals surface area contributed by atoms with Gasteiger partial charge in [-0.2, -0.15) is 25.3 Å². The van der Waals surface area contributed by atoms with E-state index < -0.39 is 0 Å². The summed E-state index contributed by atoms with van der Waals surface area (Å²) in [4.78, 5) is 0. The van der Waals surface area contributed by atoms with Gasteiger partial charge in [-0.3, -0.25) is 0 Å². The molecule has 0 N–H and O–H groups in total. The summed E-state index contributed by atoms with van der Waals surface area (Å²) in [5, 5.41) is 0.934. The van der Waals surface area contributed by atoms with E-state index in [0.717, 1.165) is 0 Å². The highest BCUT2D eigenvalue weighted by Gasteiger charge is 2.46. The van der Waals surface area contributed by atoms with Crippen LogP contribution in [0.25, 0.3) is 0 Å². The molecule has 0 saturated heterocycles. The summed E-state index contributed by atoms with van der Waals surface area (Å²) >= 11 is 9.75. The zero-order valence-corrected chi connectivity index (χ0v) is 18.8. The Kier molecular flexibility index (Phi) is 7.50. The van der Waals surface area contributed by atoms with Gasteiger partial charge in [0.15, 0.2) is 0 Å². The minimum Gasteiger partial charge on any atom is -0.176 e. The van der Waals surface area contributed by atoms with Gasteiger partial charge in [0, 0.05) is 10.5 Å². The largest absolute Gasteiger partial charge is 0.176 e. The highest BCUT2D eigenvalue weighted by atomic mass is 32.1. The smallest absolute Gasteiger partial charge is 0.00219 e. The summed E-state index contributed by atoms with van der Waals surface area (Å²) in [5.74, 6) is 3.48. The van der Waals surface area contributed by atoms with Crippen LogP contribution in [-0.4, -0.2) is 10.5 Å². The summed E-state index contributed by atoms with van der Waals surface area (Å²) < 4.78 is 0. The quantitative estimate of drug-likeness (QED) is 0.488. The molecule has 1 fully saturated rings. The first-order chi connectivity index (χ1) is 10.3. The summed E-state index contributed by atoms with van der Waals surface area (Å²) in [7, 11) is 0. The molecule has 0 heterocycles. The van der Waals surface area contributed by atoms with Crippen LogP contribution in [0.3, 0.4) is 0 Å². The standard InChI is InChI=1S/C21H42S2/c1-13-14(2)20(6,7)18(16(4)22)11-10-12-19(17(5)23)21(8,9)15(13)3/h13-19,22-23H,10-12H2,1-9H3/t13?,14-,15?,16?,17?,18?,19?/m1/s1. The Morgan fingerprint density at radius 2 is 1.04 bits per heavy atom. The Balaban J connectivity index is 3.25. The third-order valence-electron chi connectivity index (χ3n) is 8.03. The van der Waals surface area contributed by atoms with Gasteiger partial charge in [-0.25, -0.2) is 0 Å². The van der Waals surface area contributed by atoms with E-state index in [2.05, 4.69) is 62.3 Å². The van der Waals surface area contributed by atoms with Crippen LogP contribution in [0.4, 0.5) is 0 Å². The zero-order chi connectivity index (χ0) is 18.2. The summed E-state index contributed by atoms with van der Waals surface area (Å²) in [6.07, 6.45) is 3.91. The van der Waals surface area contributed by atoms with Crippen molar-refractivity contribution < 1.29 is 0 Å². The maximum absolute atomic E-state index is 4.87. The van der Waals surface area contributed by atoms with Gasteiger partial charge >= 0.3 is 0 Å². The topological polar surface area (TPSA) is 0 Å². The first-order valence-corrected chi connectivity index (χ1v) is 10.7. The molecule has 2 heteroatoms. The van der Waals surface area contributed by atoms with Crippen molar-refractivity contribution in [2.45, 2.75) is 92.1 Å². The Morgan fingerprint density at radius 3 is 1.30 bits per heavy atom. The lowest BCUT2D eigenvalue weighted by Gasteiger charge is -2.52. The molecule has 0 aromatic carbocycles. The van der Waals surface area contributed by atoms with Gasteiger partial charge in [0.25, 0.3) is 0 Å². The lowest BCUT2D eigenvalue weighted by atomic mass is 9.55. The molecule has 138 valence electrons. The monoisotopic (exact) mass is 358 g/mol. The Morgan fingerprint density at radius 1 is 0.739 bits per heavy atom. The third kappa shape index (κ3) is 4.46. The molecule has 0 spiro atoms. The van der Waals surface area contributed by atoms with E-state index in [0.29, 0.717) is 50.9 Å². The van der Waals surface area contributed by atoms with Crippen molar-refractivity contribution in [2.24, 2.45) is 40.4 Å². The maximum Gasteiger partial charge on any atom is 0.00219 e. The molecular weight excluding hydrogens is 316 g/mol. The van der Waals surface area contributed by atoms with Crippen LogP contribution in [-0.2, 0) is 0 Å². The molecule has 0 bridgehead atoms. The van der Waals surface area contributed by atoms with Crippen LogP contribution >= 0.6 is 25.3 Å². The predicted molar refractivity (Wildman–Crippen MR) is 113 cm³/mol. The van der Waals surface area contributed by atoms with E-state index in [9.17, 15) is 0 Å². The second-order valence-corrected chi connectivity index (χ2v) is 11.3. The van der Waals surface area contributed by atoms with Crippen molar-refractivity contribution in [3.8, 4) is 0 Å². The minimum absolute atomic E-state index is 0.338. The normalized spacial score (nSPS) is 41.1. The van der Waals surface area contributed by atoms with Crippen LogP contribution in [0.5, 0.6) is 0 Å². The van der Waals surface area contributed by atoms with Gasteiger partial charge in [0.1, 0.15) is 0 Å². The third-order valence-corrected chi connectivity index (χ3v) is 8.75. The predicted octanol–water partition coefficient (Wildman–Crippen LogP) is 7.00. The van der Waals surface area contributed by atoms with E-state index in [1.54, 1.807) is 0 Å². The van der Waals surface area contributed by atoms with Gasteiger partial charge in [0.2, 0.25) is 0 Å². The van der Waals surface area contributed by atoms with Crippen molar-refractivity contribution in [1.82, 2.24) is 0 Å². The molecule has 1 aliphatic carbocycles. The van der Waals surface area contributed by atoms with Crippen LogP contribution in [0.1, 0.15) is 81.6 Å².